The highest BCUT2D eigenvalue weighted by Crippen LogP contribution is 2.37. The molecule has 1 aliphatic heterocycles. The minimum absolute atomic E-state index is 0.0258. The zero-order valence-electron chi connectivity index (χ0n) is 20.9. The Kier molecular flexibility index (Phi) is 14.5. The van der Waals surface area contributed by atoms with Crippen LogP contribution in [-0.4, -0.2) is 50.2 Å². The van der Waals surface area contributed by atoms with Crippen LogP contribution in [0.3, 0.4) is 0 Å². The Morgan fingerprint density at radius 1 is 0.767 bits per heavy atom. The van der Waals surface area contributed by atoms with Gasteiger partial charge in [-0.15, -0.1) is 0 Å². The largest absolute Gasteiger partial charge is 0.379 e. The van der Waals surface area contributed by atoms with Crippen molar-refractivity contribution < 1.29 is 23.7 Å². The van der Waals surface area contributed by atoms with Crippen LogP contribution in [0, 0.1) is 5.92 Å². The Hall–Kier alpha value is -0.200. The van der Waals surface area contributed by atoms with Crippen LogP contribution in [0.25, 0.3) is 0 Å². The average Bonchev–Trinajstić information content (AvgIpc) is 3.44. The summed E-state index contributed by atoms with van der Waals surface area (Å²) >= 11 is 0. The molecule has 30 heavy (non-hydrogen) atoms. The maximum absolute atomic E-state index is 6.42. The molecule has 1 rings (SSSR count). The zero-order chi connectivity index (χ0) is 22.4. The summed E-state index contributed by atoms with van der Waals surface area (Å²) in [5.41, 5.74) is 0. The van der Waals surface area contributed by atoms with Gasteiger partial charge in [0.2, 0.25) is 0 Å². The van der Waals surface area contributed by atoms with E-state index in [9.17, 15) is 0 Å². The minimum Gasteiger partial charge on any atom is -0.379 e. The van der Waals surface area contributed by atoms with Gasteiger partial charge in [-0.2, -0.15) is 0 Å². The predicted molar refractivity (Wildman–Crippen MR) is 123 cm³/mol. The van der Waals surface area contributed by atoms with Gasteiger partial charge >= 0.3 is 0 Å². The van der Waals surface area contributed by atoms with Gasteiger partial charge in [0.25, 0.3) is 5.97 Å². The van der Waals surface area contributed by atoms with Gasteiger partial charge in [-0.1, -0.05) is 45.4 Å². The van der Waals surface area contributed by atoms with Gasteiger partial charge in [0.15, 0.2) is 0 Å². The average molecular weight is 431 g/mol. The number of hydrogen-bond donors (Lipinski definition) is 0. The van der Waals surface area contributed by atoms with Crippen molar-refractivity contribution in [3.63, 3.8) is 0 Å². The second-order valence-corrected chi connectivity index (χ2v) is 9.53. The lowest BCUT2D eigenvalue weighted by Gasteiger charge is -2.43. The predicted octanol–water partition coefficient (Wildman–Crippen LogP) is 6.48. The first-order valence-corrected chi connectivity index (χ1v) is 12.5. The molecule has 0 aliphatic carbocycles. The molecule has 0 amide bonds. The lowest BCUT2D eigenvalue weighted by Crippen LogP contribution is -2.51. The standard InChI is InChI=1S/C25H50O5/c1-8-9-10-11-12-13-15-23(16-14-17-26-18-24-19-27-24)25(28-20(2)3,29-21(4)5)30-22(6)7/h20-24H,8-19H2,1-7H3. The van der Waals surface area contributed by atoms with Crippen LogP contribution < -0.4 is 0 Å². The van der Waals surface area contributed by atoms with Crippen molar-refractivity contribution in [2.24, 2.45) is 5.92 Å². The van der Waals surface area contributed by atoms with Crippen molar-refractivity contribution in [1.29, 1.82) is 0 Å². The molecular weight excluding hydrogens is 380 g/mol. The molecule has 2 unspecified atom stereocenters. The maximum Gasteiger partial charge on any atom is 0.286 e. The summed E-state index contributed by atoms with van der Waals surface area (Å²) in [6, 6.07) is 0. The van der Waals surface area contributed by atoms with E-state index < -0.39 is 5.97 Å². The zero-order valence-corrected chi connectivity index (χ0v) is 20.9. The van der Waals surface area contributed by atoms with Gasteiger partial charge in [-0.25, -0.2) is 0 Å². The fraction of sp³-hybridized carbons (Fsp3) is 1.00. The van der Waals surface area contributed by atoms with Crippen LogP contribution in [0.15, 0.2) is 0 Å². The van der Waals surface area contributed by atoms with Crippen LogP contribution in [0.4, 0.5) is 0 Å². The van der Waals surface area contributed by atoms with Crippen LogP contribution in [0.5, 0.6) is 0 Å². The molecule has 1 heterocycles. The van der Waals surface area contributed by atoms with E-state index in [0.717, 1.165) is 32.5 Å². The van der Waals surface area contributed by atoms with Gasteiger partial charge in [0.1, 0.15) is 6.10 Å². The Morgan fingerprint density at radius 2 is 1.27 bits per heavy atom. The van der Waals surface area contributed by atoms with Crippen molar-refractivity contribution in [3.8, 4) is 0 Å². The molecule has 0 radical (unpaired) electrons. The van der Waals surface area contributed by atoms with Crippen LogP contribution in [-0.2, 0) is 23.7 Å². The molecule has 1 saturated heterocycles. The summed E-state index contributed by atoms with van der Waals surface area (Å²) in [6.45, 7) is 16.9. The van der Waals surface area contributed by atoms with Gasteiger partial charge in [0, 0.05) is 12.5 Å². The summed E-state index contributed by atoms with van der Waals surface area (Å²) in [6.07, 6.45) is 11.1. The molecule has 1 aliphatic rings. The first-order valence-electron chi connectivity index (χ1n) is 12.5. The van der Waals surface area contributed by atoms with Crippen molar-refractivity contribution in [3.05, 3.63) is 0 Å². The number of hydrogen-bond acceptors (Lipinski definition) is 5. The Morgan fingerprint density at radius 3 is 1.77 bits per heavy atom. The highest BCUT2D eigenvalue weighted by atomic mass is 16.9. The van der Waals surface area contributed by atoms with Gasteiger partial charge in [-0.05, 0) is 60.8 Å². The summed E-state index contributed by atoms with van der Waals surface area (Å²) < 4.78 is 30.3. The number of epoxide rings is 1. The quantitative estimate of drug-likeness (QED) is 0.126. The van der Waals surface area contributed by atoms with E-state index in [4.69, 9.17) is 23.7 Å². The van der Waals surface area contributed by atoms with Crippen LogP contribution in [0.2, 0.25) is 0 Å². The van der Waals surface area contributed by atoms with E-state index in [2.05, 4.69) is 48.5 Å². The third-order valence-electron chi connectivity index (χ3n) is 5.15. The molecule has 2 atom stereocenters. The van der Waals surface area contributed by atoms with E-state index in [1.165, 1.54) is 38.5 Å². The molecule has 0 spiro atoms. The van der Waals surface area contributed by atoms with Crippen LogP contribution >= 0.6 is 0 Å². The number of ether oxygens (including phenoxy) is 5. The maximum atomic E-state index is 6.42. The fourth-order valence-corrected chi connectivity index (χ4v) is 3.84. The van der Waals surface area contributed by atoms with Gasteiger partial charge in [-0.3, -0.25) is 0 Å². The molecule has 0 N–H and O–H groups in total. The highest BCUT2D eigenvalue weighted by molar-refractivity contribution is 4.76. The van der Waals surface area contributed by atoms with Crippen molar-refractivity contribution >= 4 is 0 Å². The highest BCUT2D eigenvalue weighted by Gasteiger charge is 2.44. The first kappa shape index (κ1) is 27.8. The Bertz CT molecular complexity index is 380. The molecule has 0 bridgehead atoms. The topological polar surface area (TPSA) is 49.5 Å². The SMILES string of the molecule is CCCCCCCCC(CCCOCC1CO1)C(OC(C)C)(OC(C)C)OC(C)C. The second-order valence-electron chi connectivity index (χ2n) is 9.53. The van der Waals surface area contributed by atoms with E-state index in [-0.39, 0.29) is 24.2 Å². The minimum atomic E-state index is -1.00. The lowest BCUT2D eigenvalue weighted by molar-refractivity contribution is -0.433. The summed E-state index contributed by atoms with van der Waals surface area (Å²) in [7, 11) is 0. The van der Waals surface area contributed by atoms with Crippen molar-refractivity contribution in [2.45, 2.75) is 137 Å². The van der Waals surface area contributed by atoms with E-state index in [1.54, 1.807) is 0 Å². The molecule has 0 aromatic heterocycles. The van der Waals surface area contributed by atoms with Crippen molar-refractivity contribution in [2.75, 3.05) is 19.8 Å². The first-order chi connectivity index (χ1) is 14.3. The van der Waals surface area contributed by atoms with E-state index >= 15 is 0 Å². The van der Waals surface area contributed by atoms with E-state index in [1.807, 2.05) is 0 Å². The fourth-order valence-electron chi connectivity index (χ4n) is 3.84. The molecule has 5 heteroatoms. The Labute approximate surface area is 186 Å². The molecule has 180 valence electrons. The smallest absolute Gasteiger partial charge is 0.286 e. The molecule has 1 fully saturated rings. The third kappa shape index (κ3) is 12.6. The van der Waals surface area contributed by atoms with Crippen molar-refractivity contribution in [1.82, 2.24) is 0 Å². The number of rotatable bonds is 20. The molecule has 0 saturated carbocycles. The number of unbranched alkanes of at least 4 members (excludes halogenated alkanes) is 5. The second kappa shape index (κ2) is 15.6. The molecular formula is C25H50O5. The van der Waals surface area contributed by atoms with Gasteiger partial charge < -0.3 is 23.7 Å². The molecule has 0 aromatic rings. The Balaban J connectivity index is 2.77. The third-order valence-corrected chi connectivity index (χ3v) is 5.15. The summed E-state index contributed by atoms with van der Waals surface area (Å²) in [4.78, 5) is 0. The summed E-state index contributed by atoms with van der Waals surface area (Å²) in [5, 5.41) is 0. The molecule has 0 aromatic carbocycles. The lowest BCUT2D eigenvalue weighted by atomic mass is 9.92. The molecule has 5 nitrogen and oxygen atoms in total. The summed E-state index contributed by atoms with van der Waals surface area (Å²) in [5.74, 6) is -0.823. The normalized spacial score (nSPS) is 18.0. The van der Waals surface area contributed by atoms with Gasteiger partial charge in [0.05, 0.1) is 31.5 Å². The van der Waals surface area contributed by atoms with Crippen LogP contribution in [0.1, 0.15) is 106 Å². The van der Waals surface area contributed by atoms with E-state index in [0.29, 0.717) is 12.7 Å². The monoisotopic (exact) mass is 430 g/mol.